The molecule has 0 saturated carbocycles. The number of aromatic nitrogens is 1. The lowest BCUT2D eigenvalue weighted by Crippen LogP contribution is -2.18. The lowest BCUT2D eigenvalue weighted by Gasteiger charge is -2.05. The average molecular weight is 349 g/mol. The summed E-state index contributed by atoms with van der Waals surface area (Å²) in [6.45, 7) is 0. The molecule has 132 valence electrons. The van der Waals surface area contributed by atoms with Crippen molar-refractivity contribution in [1.82, 2.24) is 10.3 Å². The van der Waals surface area contributed by atoms with Crippen LogP contribution in [0.5, 0.6) is 0 Å². The van der Waals surface area contributed by atoms with Crippen LogP contribution >= 0.6 is 0 Å². The Morgan fingerprint density at radius 2 is 1.77 bits per heavy atom. The molecule has 2 aromatic carbocycles. The quantitative estimate of drug-likeness (QED) is 0.715. The van der Waals surface area contributed by atoms with Crippen molar-refractivity contribution < 1.29 is 14.0 Å². The van der Waals surface area contributed by atoms with Crippen molar-refractivity contribution in [2.24, 2.45) is 0 Å². The first-order chi connectivity index (χ1) is 12.7. The molecular weight excluding hydrogens is 330 g/mol. The third-order valence-corrected chi connectivity index (χ3v) is 3.84. The van der Waals surface area contributed by atoms with E-state index in [1.54, 1.807) is 37.5 Å². The molecule has 0 radical (unpaired) electrons. The van der Waals surface area contributed by atoms with E-state index >= 15 is 0 Å². The maximum atomic E-state index is 12.1. The van der Waals surface area contributed by atoms with Gasteiger partial charge >= 0.3 is 0 Å². The molecule has 0 atom stereocenters. The number of hydrogen-bond acceptors (Lipinski definition) is 4. The number of nitrogens with zero attached hydrogens (tertiary/aromatic N) is 1. The molecule has 0 spiro atoms. The molecule has 0 unspecified atom stereocenters. The van der Waals surface area contributed by atoms with Crippen LogP contribution in [-0.4, -0.2) is 23.8 Å². The molecule has 0 aliphatic carbocycles. The van der Waals surface area contributed by atoms with Crippen LogP contribution in [0.2, 0.25) is 0 Å². The third-order valence-electron chi connectivity index (χ3n) is 3.84. The van der Waals surface area contributed by atoms with E-state index in [-0.39, 0.29) is 18.2 Å². The summed E-state index contributed by atoms with van der Waals surface area (Å²) in [5, 5.41) is 5.34. The van der Waals surface area contributed by atoms with E-state index in [0.717, 1.165) is 5.56 Å². The zero-order chi connectivity index (χ0) is 18.4. The van der Waals surface area contributed by atoms with Crippen LogP contribution in [0.4, 0.5) is 5.69 Å². The molecule has 2 amide bonds. The second kappa shape index (κ2) is 8.11. The van der Waals surface area contributed by atoms with Crippen molar-refractivity contribution in [3.8, 4) is 11.3 Å². The summed E-state index contributed by atoms with van der Waals surface area (Å²) in [7, 11) is 1.57. The molecule has 0 fully saturated rings. The third kappa shape index (κ3) is 4.36. The molecule has 0 saturated heterocycles. The van der Waals surface area contributed by atoms with Gasteiger partial charge in [0.05, 0.1) is 6.20 Å². The standard InChI is InChI=1S/C20H19N3O3/c1-21-20(25)15-7-9-16(10-8-15)23-18(24)11-12-19-22-13-17(26-19)14-5-3-2-4-6-14/h2-10,13H,11-12H2,1H3,(H,21,25)(H,23,24). The summed E-state index contributed by atoms with van der Waals surface area (Å²) in [5.74, 6) is 0.901. The predicted octanol–water partition coefficient (Wildman–Crippen LogP) is 3.27. The molecule has 0 aliphatic heterocycles. The first-order valence-electron chi connectivity index (χ1n) is 8.28. The van der Waals surface area contributed by atoms with Crippen molar-refractivity contribution >= 4 is 17.5 Å². The minimum absolute atomic E-state index is 0.142. The van der Waals surface area contributed by atoms with Crippen LogP contribution in [0.3, 0.4) is 0 Å². The summed E-state index contributed by atoms with van der Waals surface area (Å²) < 4.78 is 5.69. The molecule has 3 rings (SSSR count). The molecule has 0 aliphatic rings. The molecular formula is C20H19N3O3. The maximum Gasteiger partial charge on any atom is 0.251 e. The van der Waals surface area contributed by atoms with Crippen molar-refractivity contribution in [2.45, 2.75) is 12.8 Å². The smallest absolute Gasteiger partial charge is 0.251 e. The molecule has 3 aromatic rings. The second-order valence-electron chi connectivity index (χ2n) is 5.69. The topological polar surface area (TPSA) is 84.2 Å². The number of benzene rings is 2. The number of carbonyl (C=O) groups excluding carboxylic acids is 2. The molecule has 1 aromatic heterocycles. The van der Waals surface area contributed by atoms with E-state index in [1.165, 1.54) is 0 Å². The van der Waals surface area contributed by atoms with Gasteiger partial charge in [0, 0.05) is 36.7 Å². The van der Waals surface area contributed by atoms with E-state index in [1.807, 2.05) is 30.3 Å². The largest absolute Gasteiger partial charge is 0.441 e. The minimum atomic E-state index is -0.166. The highest BCUT2D eigenvalue weighted by Gasteiger charge is 2.09. The monoisotopic (exact) mass is 349 g/mol. The van der Waals surface area contributed by atoms with E-state index in [9.17, 15) is 9.59 Å². The Kier molecular flexibility index (Phi) is 5.43. The van der Waals surface area contributed by atoms with Gasteiger partial charge in [-0.1, -0.05) is 30.3 Å². The molecule has 6 nitrogen and oxygen atoms in total. The fourth-order valence-corrected chi connectivity index (χ4v) is 2.45. The van der Waals surface area contributed by atoms with Crippen LogP contribution in [0.25, 0.3) is 11.3 Å². The van der Waals surface area contributed by atoms with Gasteiger partial charge in [-0.3, -0.25) is 9.59 Å². The zero-order valence-corrected chi connectivity index (χ0v) is 14.4. The van der Waals surface area contributed by atoms with Gasteiger partial charge in [0.15, 0.2) is 11.7 Å². The number of carbonyl (C=O) groups is 2. The first kappa shape index (κ1) is 17.4. The Morgan fingerprint density at radius 1 is 1.04 bits per heavy atom. The summed E-state index contributed by atoms with van der Waals surface area (Å²) in [6.07, 6.45) is 2.33. The van der Waals surface area contributed by atoms with Gasteiger partial charge in [-0.25, -0.2) is 4.98 Å². The van der Waals surface area contributed by atoms with E-state index < -0.39 is 0 Å². The van der Waals surface area contributed by atoms with Crippen LogP contribution in [-0.2, 0) is 11.2 Å². The molecule has 26 heavy (non-hydrogen) atoms. The van der Waals surface area contributed by atoms with Gasteiger partial charge in [0.25, 0.3) is 5.91 Å². The Labute approximate surface area is 151 Å². The number of anilines is 1. The number of rotatable bonds is 6. The summed E-state index contributed by atoms with van der Waals surface area (Å²) in [4.78, 5) is 27.8. The summed E-state index contributed by atoms with van der Waals surface area (Å²) in [5.41, 5.74) is 2.13. The molecule has 2 N–H and O–H groups in total. The number of oxazole rings is 1. The van der Waals surface area contributed by atoms with Gasteiger partial charge in [-0.2, -0.15) is 0 Å². The van der Waals surface area contributed by atoms with Crippen LogP contribution in [0.15, 0.2) is 65.2 Å². The van der Waals surface area contributed by atoms with Crippen molar-refractivity contribution in [3.05, 3.63) is 72.2 Å². The van der Waals surface area contributed by atoms with Crippen LogP contribution in [0.1, 0.15) is 22.7 Å². The van der Waals surface area contributed by atoms with Gasteiger partial charge in [0.2, 0.25) is 5.91 Å². The first-order valence-corrected chi connectivity index (χ1v) is 8.28. The summed E-state index contributed by atoms with van der Waals surface area (Å²) in [6, 6.07) is 16.4. The molecule has 6 heteroatoms. The Bertz CT molecular complexity index is 886. The fourth-order valence-electron chi connectivity index (χ4n) is 2.45. The van der Waals surface area contributed by atoms with Crippen molar-refractivity contribution in [3.63, 3.8) is 0 Å². The molecule has 0 bridgehead atoms. The lowest BCUT2D eigenvalue weighted by atomic mass is 10.2. The second-order valence-corrected chi connectivity index (χ2v) is 5.69. The van der Waals surface area contributed by atoms with Crippen molar-refractivity contribution in [1.29, 1.82) is 0 Å². The number of hydrogen-bond donors (Lipinski definition) is 2. The van der Waals surface area contributed by atoms with Gasteiger partial charge in [0.1, 0.15) is 0 Å². The fraction of sp³-hybridized carbons (Fsp3) is 0.150. The predicted molar refractivity (Wildman–Crippen MR) is 98.7 cm³/mol. The number of amides is 2. The highest BCUT2D eigenvalue weighted by atomic mass is 16.4. The van der Waals surface area contributed by atoms with Crippen LogP contribution < -0.4 is 10.6 Å². The average Bonchev–Trinajstić information content (AvgIpc) is 3.16. The van der Waals surface area contributed by atoms with Crippen LogP contribution in [0, 0.1) is 0 Å². The SMILES string of the molecule is CNC(=O)c1ccc(NC(=O)CCc2ncc(-c3ccccc3)o2)cc1. The number of nitrogens with one attached hydrogen (secondary N) is 2. The van der Waals surface area contributed by atoms with Gasteiger partial charge < -0.3 is 15.1 Å². The normalized spacial score (nSPS) is 10.3. The van der Waals surface area contributed by atoms with Gasteiger partial charge in [-0.05, 0) is 24.3 Å². The molecule has 1 heterocycles. The van der Waals surface area contributed by atoms with Gasteiger partial charge in [-0.15, -0.1) is 0 Å². The number of aryl methyl sites for hydroxylation is 1. The Balaban J connectivity index is 1.53. The maximum absolute atomic E-state index is 12.1. The lowest BCUT2D eigenvalue weighted by molar-refractivity contribution is -0.116. The Hall–Kier alpha value is -3.41. The van der Waals surface area contributed by atoms with E-state index in [2.05, 4.69) is 15.6 Å². The van der Waals surface area contributed by atoms with Crippen molar-refractivity contribution in [2.75, 3.05) is 12.4 Å². The summed E-state index contributed by atoms with van der Waals surface area (Å²) >= 11 is 0. The van der Waals surface area contributed by atoms with E-state index in [0.29, 0.717) is 29.3 Å². The highest BCUT2D eigenvalue weighted by Crippen LogP contribution is 2.20. The van der Waals surface area contributed by atoms with E-state index in [4.69, 9.17) is 4.42 Å². The highest BCUT2D eigenvalue weighted by molar-refractivity contribution is 5.95. The minimum Gasteiger partial charge on any atom is -0.441 e. The Morgan fingerprint density at radius 3 is 2.46 bits per heavy atom. The zero-order valence-electron chi connectivity index (χ0n) is 14.4.